The number of benzene rings is 2. The summed E-state index contributed by atoms with van der Waals surface area (Å²) in [4.78, 5) is 88.4. The molecular weight excluding hydrogens is 901 g/mol. The van der Waals surface area contributed by atoms with Crippen LogP contribution in [0.4, 0.5) is 4.79 Å². The number of esters is 2. The summed E-state index contributed by atoms with van der Waals surface area (Å²) in [6.45, 7) is 14.7. The van der Waals surface area contributed by atoms with Crippen molar-refractivity contribution in [3.05, 3.63) is 59.7 Å². The number of hydrogen-bond acceptors (Lipinski definition) is 11. The standard InChI is InChI=1S/C53H80N4O11S/c1-36(2)47(50(64)68-53(6,7)8)57-46(60)29-13-10-9-11-21-33-69-34-22-12-14-28-45(59)55-43(49(63)67-52(3,4)5)30-31-44(58)54-32-20-19-27-42(48(61)62)56-51(65)66-35-41-39-25-17-15-23-37(39)38-24-16-18-26-40(38)41/h15-18,23-26,36,41-43,47H,9-14,19-22,27-35H2,1-8H3,(H,54,58)(H,55,59)(H,56,65)(H,57,60)(H,61,62). The molecule has 4 amide bonds. The molecule has 0 bridgehead atoms. The zero-order valence-electron chi connectivity index (χ0n) is 42.4. The number of thioether (sulfide) groups is 1. The van der Waals surface area contributed by atoms with Crippen LogP contribution in [-0.2, 0) is 43.0 Å². The Bertz CT molecular complexity index is 1930. The molecule has 0 heterocycles. The molecule has 5 N–H and O–H groups in total. The van der Waals surface area contributed by atoms with Crippen molar-refractivity contribution >= 4 is 53.5 Å². The zero-order valence-corrected chi connectivity index (χ0v) is 43.2. The highest BCUT2D eigenvalue weighted by molar-refractivity contribution is 7.99. The molecule has 16 heteroatoms. The minimum absolute atomic E-state index is 0.0319. The van der Waals surface area contributed by atoms with Gasteiger partial charge in [0.05, 0.1) is 0 Å². The second-order valence-electron chi connectivity index (χ2n) is 20.2. The number of ether oxygens (including phenoxy) is 3. The molecule has 0 fully saturated rings. The molecule has 69 heavy (non-hydrogen) atoms. The number of unbranched alkanes of at least 4 members (excludes halogenated alkanes) is 7. The molecule has 0 aliphatic heterocycles. The first-order chi connectivity index (χ1) is 32.6. The number of hydrogen-bond donors (Lipinski definition) is 5. The van der Waals surface area contributed by atoms with Crippen molar-refractivity contribution in [2.24, 2.45) is 5.92 Å². The van der Waals surface area contributed by atoms with E-state index in [0.29, 0.717) is 25.7 Å². The number of nitrogens with one attached hydrogen (secondary N) is 4. The number of alkyl carbamates (subject to hydrolysis) is 1. The minimum Gasteiger partial charge on any atom is -0.480 e. The maximum Gasteiger partial charge on any atom is 0.407 e. The van der Waals surface area contributed by atoms with Crippen molar-refractivity contribution in [1.29, 1.82) is 0 Å². The monoisotopic (exact) mass is 981 g/mol. The summed E-state index contributed by atoms with van der Waals surface area (Å²) in [6, 6.07) is 13.1. The summed E-state index contributed by atoms with van der Waals surface area (Å²) in [7, 11) is 0. The molecule has 0 saturated heterocycles. The zero-order chi connectivity index (χ0) is 51.0. The van der Waals surface area contributed by atoms with Gasteiger partial charge >= 0.3 is 24.0 Å². The van der Waals surface area contributed by atoms with Gasteiger partial charge in [0.1, 0.15) is 35.9 Å². The first-order valence-electron chi connectivity index (χ1n) is 24.9. The molecule has 0 saturated carbocycles. The summed E-state index contributed by atoms with van der Waals surface area (Å²) in [5.74, 6) is -1.10. The van der Waals surface area contributed by atoms with Crippen LogP contribution in [0.3, 0.4) is 0 Å². The molecule has 15 nitrogen and oxygen atoms in total. The third-order valence-electron chi connectivity index (χ3n) is 11.4. The maximum absolute atomic E-state index is 13.0. The molecule has 384 valence electrons. The molecule has 2 aromatic rings. The normalized spacial score (nSPS) is 13.6. The van der Waals surface area contributed by atoms with E-state index >= 15 is 0 Å². The van der Waals surface area contributed by atoms with E-state index in [1.807, 2.05) is 94.9 Å². The Balaban J connectivity index is 1.25. The van der Waals surface area contributed by atoms with Crippen molar-refractivity contribution in [2.45, 2.75) is 187 Å². The van der Waals surface area contributed by atoms with Gasteiger partial charge in [0.25, 0.3) is 0 Å². The number of amides is 4. The predicted molar refractivity (Wildman–Crippen MR) is 270 cm³/mol. The van der Waals surface area contributed by atoms with Crippen LogP contribution in [0.2, 0.25) is 0 Å². The number of aliphatic carboxylic acids is 1. The first kappa shape index (κ1) is 58.2. The molecule has 0 aromatic heterocycles. The number of carboxylic acid groups (broad SMARTS) is 1. The summed E-state index contributed by atoms with van der Waals surface area (Å²) >= 11 is 1.89. The van der Waals surface area contributed by atoms with Gasteiger partial charge in [-0.1, -0.05) is 88.1 Å². The largest absolute Gasteiger partial charge is 0.480 e. The van der Waals surface area contributed by atoms with E-state index in [9.17, 15) is 38.7 Å². The van der Waals surface area contributed by atoms with Gasteiger partial charge in [0.2, 0.25) is 17.7 Å². The van der Waals surface area contributed by atoms with Crippen molar-refractivity contribution in [1.82, 2.24) is 21.3 Å². The lowest BCUT2D eigenvalue weighted by Gasteiger charge is -2.26. The number of carbonyl (C=O) groups is 7. The van der Waals surface area contributed by atoms with Gasteiger partial charge in [-0.25, -0.2) is 19.2 Å². The molecule has 0 spiro atoms. The highest BCUT2D eigenvalue weighted by Gasteiger charge is 2.31. The van der Waals surface area contributed by atoms with E-state index in [1.54, 1.807) is 20.8 Å². The summed E-state index contributed by atoms with van der Waals surface area (Å²) in [6.07, 6.45) is 8.29. The Morgan fingerprint density at radius 2 is 1.12 bits per heavy atom. The average Bonchev–Trinajstić information content (AvgIpc) is 3.59. The summed E-state index contributed by atoms with van der Waals surface area (Å²) in [5.41, 5.74) is 2.89. The van der Waals surface area contributed by atoms with Crippen molar-refractivity contribution in [2.75, 3.05) is 24.7 Å². The van der Waals surface area contributed by atoms with Gasteiger partial charge in [-0.05, 0) is 133 Å². The van der Waals surface area contributed by atoms with Crippen LogP contribution in [0, 0.1) is 5.92 Å². The predicted octanol–water partition coefficient (Wildman–Crippen LogP) is 8.99. The molecular formula is C53H80N4O11S. The topological polar surface area (TPSA) is 216 Å². The van der Waals surface area contributed by atoms with Crippen molar-refractivity contribution in [3.8, 4) is 11.1 Å². The summed E-state index contributed by atoms with van der Waals surface area (Å²) in [5, 5.41) is 20.7. The van der Waals surface area contributed by atoms with Crippen LogP contribution in [-0.4, -0.2) is 101 Å². The van der Waals surface area contributed by atoms with Gasteiger partial charge < -0.3 is 40.6 Å². The lowest BCUT2D eigenvalue weighted by molar-refractivity contribution is -0.160. The Labute approximate surface area is 414 Å². The fourth-order valence-corrected chi connectivity index (χ4v) is 8.91. The third kappa shape index (κ3) is 22.9. The molecule has 2 aromatic carbocycles. The van der Waals surface area contributed by atoms with Crippen LogP contribution in [0.15, 0.2) is 48.5 Å². The summed E-state index contributed by atoms with van der Waals surface area (Å²) < 4.78 is 16.5. The van der Waals surface area contributed by atoms with E-state index in [2.05, 4.69) is 21.3 Å². The Kier molecular flexibility index (Phi) is 25.1. The van der Waals surface area contributed by atoms with Crippen LogP contribution in [0.5, 0.6) is 0 Å². The van der Waals surface area contributed by atoms with Gasteiger partial charge in [0, 0.05) is 31.7 Å². The Hall–Kier alpha value is -5.12. The van der Waals surface area contributed by atoms with Crippen LogP contribution in [0.25, 0.3) is 11.1 Å². The van der Waals surface area contributed by atoms with Gasteiger partial charge in [-0.15, -0.1) is 0 Å². The fourth-order valence-electron chi connectivity index (χ4n) is 7.89. The minimum atomic E-state index is -1.19. The van der Waals surface area contributed by atoms with Crippen LogP contribution >= 0.6 is 11.8 Å². The van der Waals surface area contributed by atoms with Gasteiger partial charge in [0.15, 0.2) is 0 Å². The molecule has 1 aliphatic rings. The highest BCUT2D eigenvalue weighted by Crippen LogP contribution is 2.44. The molecule has 3 unspecified atom stereocenters. The SMILES string of the molecule is CC(C)C(NC(=O)CCCCCCCSCCCCCC(=O)NC(CCC(=O)NCCCCC(NC(=O)OCC1c2ccccc2-c2ccccc21)C(=O)O)C(=O)OC(C)(C)C)C(=O)OC(C)(C)C. The Morgan fingerprint density at radius 1 is 0.594 bits per heavy atom. The van der Waals surface area contributed by atoms with Crippen molar-refractivity contribution in [3.63, 3.8) is 0 Å². The van der Waals surface area contributed by atoms with Crippen LogP contribution in [0.1, 0.15) is 169 Å². The number of carboxylic acids is 1. The number of carbonyl (C=O) groups excluding carboxylic acids is 6. The smallest absolute Gasteiger partial charge is 0.407 e. The van der Waals surface area contributed by atoms with E-state index < -0.39 is 53.3 Å². The lowest BCUT2D eigenvalue weighted by atomic mass is 9.98. The Morgan fingerprint density at radius 3 is 1.68 bits per heavy atom. The quantitative estimate of drug-likeness (QED) is 0.0272. The van der Waals surface area contributed by atoms with Crippen molar-refractivity contribution < 1.29 is 52.9 Å². The van der Waals surface area contributed by atoms with E-state index in [0.717, 1.165) is 78.7 Å². The second kappa shape index (κ2) is 29.8. The number of rotatable bonds is 31. The number of fused-ring (bicyclic) bond motifs is 3. The lowest BCUT2D eigenvalue weighted by Crippen LogP contribution is -2.47. The highest BCUT2D eigenvalue weighted by atomic mass is 32.2. The molecule has 3 rings (SSSR count). The molecule has 3 atom stereocenters. The third-order valence-corrected chi connectivity index (χ3v) is 12.5. The van der Waals surface area contributed by atoms with Gasteiger partial charge in [-0.3, -0.25) is 14.4 Å². The fraction of sp³-hybridized carbons (Fsp3) is 0.642. The first-order valence-corrected chi connectivity index (χ1v) is 26.0. The van der Waals surface area contributed by atoms with Crippen LogP contribution < -0.4 is 21.3 Å². The van der Waals surface area contributed by atoms with Gasteiger partial charge in [-0.2, -0.15) is 11.8 Å². The second-order valence-corrected chi connectivity index (χ2v) is 21.4. The van der Waals surface area contributed by atoms with E-state index in [-0.39, 0.29) is 68.4 Å². The van der Waals surface area contributed by atoms with E-state index in [1.165, 1.54) is 0 Å². The van der Waals surface area contributed by atoms with E-state index in [4.69, 9.17) is 14.2 Å². The average molecular weight is 981 g/mol. The molecule has 0 radical (unpaired) electrons. The molecule has 1 aliphatic carbocycles. The maximum atomic E-state index is 13.0.